The number of ether oxygens (including phenoxy) is 1. The molecule has 0 unspecified atom stereocenters. The number of pyridine rings is 1. The fraction of sp³-hybridized carbons (Fsp3) is 0.0833. The summed E-state index contributed by atoms with van der Waals surface area (Å²) in [5.74, 6) is 1.61. The molecule has 0 radical (unpaired) electrons. The SMILES string of the molecule is ClCc1ccnc(Oc2cccc(Cl)c2)c1. The zero-order valence-electron chi connectivity index (χ0n) is 8.36. The summed E-state index contributed by atoms with van der Waals surface area (Å²) in [7, 11) is 0. The number of hydrogen-bond donors (Lipinski definition) is 0. The fourth-order valence-electron chi connectivity index (χ4n) is 1.24. The highest BCUT2D eigenvalue weighted by molar-refractivity contribution is 6.30. The topological polar surface area (TPSA) is 22.1 Å². The monoisotopic (exact) mass is 253 g/mol. The van der Waals surface area contributed by atoms with Crippen molar-refractivity contribution in [2.24, 2.45) is 0 Å². The highest BCUT2D eigenvalue weighted by Gasteiger charge is 2.00. The number of alkyl halides is 1. The van der Waals surface area contributed by atoms with Crippen LogP contribution in [0.3, 0.4) is 0 Å². The van der Waals surface area contributed by atoms with Crippen LogP contribution in [0, 0.1) is 0 Å². The number of aromatic nitrogens is 1. The molecule has 0 atom stereocenters. The molecular formula is C12H9Cl2NO. The Hall–Kier alpha value is -1.25. The summed E-state index contributed by atoms with van der Waals surface area (Å²) in [5, 5.41) is 0.631. The van der Waals surface area contributed by atoms with E-state index >= 15 is 0 Å². The molecule has 0 fully saturated rings. The van der Waals surface area contributed by atoms with Gasteiger partial charge in [0.15, 0.2) is 0 Å². The van der Waals surface area contributed by atoms with Gasteiger partial charge < -0.3 is 4.74 Å². The molecule has 0 amide bonds. The lowest BCUT2D eigenvalue weighted by Crippen LogP contribution is -1.89. The van der Waals surface area contributed by atoms with E-state index in [1.54, 1.807) is 24.4 Å². The van der Waals surface area contributed by atoms with Crippen molar-refractivity contribution in [3.05, 3.63) is 53.2 Å². The second kappa shape index (κ2) is 5.19. The van der Waals surface area contributed by atoms with Crippen LogP contribution in [-0.2, 0) is 5.88 Å². The molecule has 16 heavy (non-hydrogen) atoms. The lowest BCUT2D eigenvalue weighted by atomic mass is 10.3. The summed E-state index contributed by atoms with van der Waals surface area (Å²) in [6, 6.07) is 10.8. The molecule has 0 saturated heterocycles. The summed E-state index contributed by atoms with van der Waals surface area (Å²) < 4.78 is 5.55. The molecule has 0 spiro atoms. The minimum atomic E-state index is 0.439. The molecule has 0 aliphatic carbocycles. The van der Waals surface area contributed by atoms with Crippen LogP contribution in [0.4, 0.5) is 0 Å². The molecule has 0 bridgehead atoms. The highest BCUT2D eigenvalue weighted by Crippen LogP contribution is 2.23. The number of rotatable bonds is 3. The third-order valence-electron chi connectivity index (χ3n) is 1.97. The van der Waals surface area contributed by atoms with Crippen LogP contribution < -0.4 is 4.74 Å². The first-order valence-corrected chi connectivity index (χ1v) is 5.63. The van der Waals surface area contributed by atoms with Crippen molar-refractivity contribution >= 4 is 23.2 Å². The zero-order valence-corrected chi connectivity index (χ0v) is 9.87. The smallest absolute Gasteiger partial charge is 0.219 e. The van der Waals surface area contributed by atoms with Crippen molar-refractivity contribution in [2.45, 2.75) is 5.88 Å². The van der Waals surface area contributed by atoms with Crippen molar-refractivity contribution in [1.29, 1.82) is 0 Å². The van der Waals surface area contributed by atoms with E-state index in [0.717, 1.165) is 5.56 Å². The van der Waals surface area contributed by atoms with Crippen LogP contribution in [0.1, 0.15) is 5.56 Å². The first-order chi connectivity index (χ1) is 7.78. The Labute approximate surface area is 104 Å². The van der Waals surface area contributed by atoms with Gasteiger partial charge in [-0.2, -0.15) is 0 Å². The molecule has 2 nitrogen and oxygen atoms in total. The van der Waals surface area contributed by atoms with E-state index in [1.165, 1.54) is 0 Å². The van der Waals surface area contributed by atoms with Crippen molar-refractivity contribution < 1.29 is 4.74 Å². The van der Waals surface area contributed by atoms with Gasteiger partial charge in [0, 0.05) is 23.2 Å². The van der Waals surface area contributed by atoms with Crippen LogP contribution >= 0.6 is 23.2 Å². The van der Waals surface area contributed by atoms with Gasteiger partial charge in [0.2, 0.25) is 5.88 Å². The summed E-state index contributed by atoms with van der Waals surface area (Å²) in [6.45, 7) is 0. The highest BCUT2D eigenvalue weighted by atomic mass is 35.5. The lowest BCUT2D eigenvalue weighted by molar-refractivity contribution is 0.462. The lowest BCUT2D eigenvalue weighted by Gasteiger charge is -2.05. The van der Waals surface area contributed by atoms with Crippen molar-refractivity contribution in [3.8, 4) is 11.6 Å². The Balaban J connectivity index is 2.20. The van der Waals surface area contributed by atoms with E-state index in [1.807, 2.05) is 18.2 Å². The molecule has 2 aromatic rings. The molecule has 1 aromatic heterocycles. The van der Waals surface area contributed by atoms with Gasteiger partial charge in [-0.15, -0.1) is 11.6 Å². The van der Waals surface area contributed by atoms with Gasteiger partial charge in [0.1, 0.15) is 5.75 Å². The van der Waals surface area contributed by atoms with E-state index in [-0.39, 0.29) is 0 Å². The van der Waals surface area contributed by atoms with E-state index < -0.39 is 0 Å². The van der Waals surface area contributed by atoms with Crippen molar-refractivity contribution in [1.82, 2.24) is 4.98 Å². The molecule has 82 valence electrons. The second-order valence-electron chi connectivity index (χ2n) is 3.20. The normalized spacial score (nSPS) is 10.1. The number of nitrogens with zero attached hydrogens (tertiary/aromatic N) is 1. The van der Waals surface area contributed by atoms with Gasteiger partial charge in [0.05, 0.1) is 0 Å². The predicted octanol–water partition coefficient (Wildman–Crippen LogP) is 4.27. The van der Waals surface area contributed by atoms with Crippen LogP contribution in [0.5, 0.6) is 11.6 Å². The third kappa shape index (κ3) is 2.87. The zero-order chi connectivity index (χ0) is 11.4. The number of benzene rings is 1. The molecule has 1 aromatic carbocycles. The van der Waals surface area contributed by atoms with Gasteiger partial charge in [0.25, 0.3) is 0 Å². The van der Waals surface area contributed by atoms with E-state index in [0.29, 0.717) is 22.5 Å². The first-order valence-electron chi connectivity index (χ1n) is 4.72. The minimum Gasteiger partial charge on any atom is -0.439 e. The Kier molecular flexibility index (Phi) is 3.65. The van der Waals surface area contributed by atoms with E-state index in [4.69, 9.17) is 27.9 Å². The van der Waals surface area contributed by atoms with Crippen molar-refractivity contribution in [2.75, 3.05) is 0 Å². The minimum absolute atomic E-state index is 0.439. The quantitative estimate of drug-likeness (QED) is 0.763. The van der Waals surface area contributed by atoms with Gasteiger partial charge in [-0.25, -0.2) is 4.98 Å². The Bertz CT molecular complexity index is 488. The van der Waals surface area contributed by atoms with Crippen LogP contribution in [0.25, 0.3) is 0 Å². The number of halogens is 2. The Morgan fingerprint density at radius 2 is 2.06 bits per heavy atom. The summed E-state index contributed by atoms with van der Waals surface area (Å²) in [6.07, 6.45) is 1.66. The maximum Gasteiger partial charge on any atom is 0.219 e. The predicted molar refractivity (Wildman–Crippen MR) is 65.3 cm³/mol. The maximum absolute atomic E-state index is 5.85. The standard InChI is InChI=1S/C12H9Cl2NO/c13-8-9-4-5-15-12(6-9)16-11-3-1-2-10(14)7-11/h1-7H,8H2. The summed E-state index contributed by atoms with van der Waals surface area (Å²) in [5.41, 5.74) is 0.966. The molecule has 0 aliphatic rings. The molecule has 1 heterocycles. The average molecular weight is 254 g/mol. The summed E-state index contributed by atoms with van der Waals surface area (Å²) >= 11 is 11.6. The molecular weight excluding hydrogens is 245 g/mol. The fourth-order valence-corrected chi connectivity index (χ4v) is 1.59. The van der Waals surface area contributed by atoms with Gasteiger partial charge >= 0.3 is 0 Å². The molecule has 0 saturated carbocycles. The summed E-state index contributed by atoms with van der Waals surface area (Å²) in [4.78, 5) is 4.09. The Morgan fingerprint density at radius 3 is 2.81 bits per heavy atom. The molecule has 0 N–H and O–H groups in total. The van der Waals surface area contributed by atoms with Gasteiger partial charge in [-0.05, 0) is 29.8 Å². The largest absolute Gasteiger partial charge is 0.439 e. The number of hydrogen-bond acceptors (Lipinski definition) is 2. The van der Waals surface area contributed by atoms with Crippen LogP contribution in [-0.4, -0.2) is 4.98 Å². The van der Waals surface area contributed by atoms with E-state index in [2.05, 4.69) is 4.98 Å². The maximum atomic E-state index is 5.85. The Morgan fingerprint density at radius 1 is 1.19 bits per heavy atom. The molecule has 2 rings (SSSR count). The van der Waals surface area contributed by atoms with Gasteiger partial charge in [-0.3, -0.25) is 0 Å². The second-order valence-corrected chi connectivity index (χ2v) is 3.90. The van der Waals surface area contributed by atoms with Crippen LogP contribution in [0.15, 0.2) is 42.6 Å². The molecule has 0 aliphatic heterocycles. The third-order valence-corrected chi connectivity index (χ3v) is 2.52. The average Bonchev–Trinajstić information content (AvgIpc) is 2.29. The van der Waals surface area contributed by atoms with Crippen LogP contribution in [0.2, 0.25) is 5.02 Å². The first kappa shape index (κ1) is 11.2. The van der Waals surface area contributed by atoms with Gasteiger partial charge in [-0.1, -0.05) is 17.7 Å². The van der Waals surface area contributed by atoms with Crippen molar-refractivity contribution in [3.63, 3.8) is 0 Å². The van der Waals surface area contributed by atoms with E-state index in [9.17, 15) is 0 Å². The molecule has 4 heteroatoms.